The zero-order chi connectivity index (χ0) is 25.4. The summed E-state index contributed by atoms with van der Waals surface area (Å²) in [4.78, 5) is 26.6. The summed E-state index contributed by atoms with van der Waals surface area (Å²) in [7, 11) is 0. The van der Waals surface area contributed by atoms with Gasteiger partial charge in [-0.05, 0) is 49.2 Å². The average Bonchev–Trinajstić information content (AvgIpc) is 3.15. The molecule has 1 aliphatic carbocycles. The molecule has 0 bridgehead atoms. The monoisotopic (exact) mass is 503 g/mol. The molecule has 2 aliphatic rings. The van der Waals surface area contributed by atoms with Gasteiger partial charge in [-0.3, -0.25) is 4.79 Å². The van der Waals surface area contributed by atoms with Crippen molar-refractivity contribution in [1.29, 1.82) is 0 Å². The fourth-order valence-electron chi connectivity index (χ4n) is 4.70. The molecule has 1 aliphatic heterocycles. The van der Waals surface area contributed by atoms with Crippen molar-refractivity contribution in [2.45, 2.75) is 26.4 Å². The molecule has 7 heteroatoms. The molecule has 0 spiro atoms. The molecule has 0 radical (unpaired) electrons. The number of rotatable bonds is 6. The molecule has 1 N–H and O–H groups in total. The number of hydrogen-bond donors (Lipinski definition) is 1. The summed E-state index contributed by atoms with van der Waals surface area (Å²) in [6, 6.07) is 18.6. The largest absolute Gasteiger partial charge is 0.487 e. The first-order valence-electron chi connectivity index (χ1n) is 11.6. The van der Waals surface area contributed by atoms with Crippen LogP contribution in [-0.2, 0) is 16.1 Å². The van der Waals surface area contributed by atoms with E-state index >= 15 is 0 Å². The quantitative estimate of drug-likeness (QED) is 0.406. The third-order valence-corrected chi connectivity index (χ3v) is 6.64. The van der Waals surface area contributed by atoms with Gasteiger partial charge in [0.05, 0.1) is 22.9 Å². The van der Waals surface area contributed by atoms with Gasteiger partial charge in [-0.25, -0.2) is 9.18 Å². The standard InChI is InChI=1S/C29H23ClFNO4/c1-3-35-29(34)24-16(2)32-27-20-6-4-5-7-21(20)28(33)26(27)25(24)18-10-13-23(22(30)14-18)36-15-17-8-11-19(31)12-9-17/h4-14,25,32H,3,15H2,1-2H3/t25-/m0/s1. The molecule has 1 heterocycles. The third kappa shape index (κ3) is 4.18. The number of carbonyl (C=O) groups excluding carboxylic acids is 2. The molecule has 0 unspecified atom stereocenters. The van der Waals surface area contributed by atoms with Gasteiger partial charge in [0.2, 0.25) is 0 Å². The highest BCUT2D eigenvalue weighted by Crippen LogP contribution is 2.47. The lowest BCUT2D eigenvalue weighted by molar-refractivity contribution is -0.138. The zero-order valence-electron chi connectivity index (χ0n) is 19.7. The minimum Gasteiger partial charge on any atom is -0.487 e. The Hall–Kier alpha value is -3.90. The molecule has 5 rings (SSSR count). The molecule has 36 heavy (non-hydrogen) atoms. The van der Waals surface area contributed by atoms with Gasteiger partial charge < -0.3 is 14.8 Å². The molecule has 3 aromatic rings. The van der Waals surface area contributed by atoms with Gasteiger partial charge in [0.25, 0.3) is 0 Å². The Bertz CT molecular complexity index is 1440. The lowest BCUT2D eigenvalue weighted by Gasteiger charge is -2.29. The molecular formula is C29H23ClFNO4. The summed E-state index contributed by atoms with van der Waals surface area (Å²) in [5.74, 6) is -1.17. The third-order valence-electron chi connectivity index (χ3n) is 6.34. The number of esters is 1. The number of hydrogen-bond acceptors (Lipinski definition) is 5. The van der Waals surface area contributed by atoms with Crippen LogP contribution in [0.5, 0.6) is 5.75 Å². The first-order chi connectivity index (χ1) is 17.4. The Kier molecular flexibility index (Phi) is 6.37. The number of nitrogens with one attached hydrogen (secondary N) is 1. The molecule has 0 aromatic heterocycles. The van der Waals surface area contributed by atoms with Gasteiger partial charge >= 0.3 is 5.97 Å². The number of ketones is 1. The molecule has 0 fully saturated rings. The predicted molar refractivity (Wildman–Crippen MR) is 135 cm³/mol. The van der Waals surface area contributed by atoms with E-state index in [0.29, 0.717) is 44.4 Å². The number of halogens is 2. The van der Waals surface area contributed by atoms with Crippen molar-refractivity contribution in [3.05, 3.63) is 117 Å². The van der Waals surface area contributed by atoms with Gasteiger partial charge in [0, 0.05) is 28.3 Å². The van der Waals surface area contributed by atoms with E-state index in [4.69, 9.17) is 21.1 Å². The van der Waals surface area contributed by atoms with E-state index in [9.17, 15) is 14.0 Å². The normalized spacial score (nSPS) is 16.4. The summed E-state index contributed by atoms with van der Waals surface area (Å²) in [5.41, 5.74) is 5.02. The molecule has 5 nitrogen and oxygen atoms in total. The van der Waals surface area contributed by atoms with E-state index in [1.54, 1.807) is 50.2 Å². The lowest BCUT2D eigenvalue weighted by atomic mass is 9.80. The SMILES string of the molecule is CCOC(=O)C1=C(C)NC2=C(C(=O)c3ccccc32)[C@H]1c1ccc(OCc2ccc(F)cc2)c(Cl)c1. The Balaban J connectivity index is 1.53. The Morgan fingerprint density at radius 2 is 1.78 bits per heavy atom. The van der Waals surface area contributed by atoms with Crippen LogP contribution in [-0.4, -0.2) is 18.4 Å². The molecule has 0 amide bonds. The van der Waals surface area contributed by atoms with Crippen molar-refractivity contribution in [3.63, 3.8) is 0 Å². The highest BCUT2D eigenvalue weighted by atomic mass is 35.5. The lowest BCUT2D eigenvalue weighted by Crippen LogP contribution is -2.29. The average molecular weight is 504 g/mol. The number of fused-ring (bicyclic) bond motifs is 2. The van der Waals surface area contributed by atoms with Crippen LogP contribution in [0.2, 0.25) is 5.02 Å². The van der Waals surface area contributed by atoms with Crippen molar-refractivity contribution >= 4 is 29.1 Å². The Morgan fingerprint density at radius 3 is 2.47 bits per heavy atom. The minimum atomic E-state index is -0.663. The van der Waals surface area contributed by atoms with Gasteiger partial charge in [-0.1, -0.05) is 54.1 Å². The molecule has 0 saturated carbocycles. The number of carbonyl (C=O) groups is 2. The summed E-state index contributed by atoms with van der Waals surface area (Å²) in [6.07, 6.45) is 0. The smallest absolute Gasteiger partial charge is 0.336 e. The first kappa shape index (κ1) is 23.8. The fraction of sp³-hybridized carbons (Fsp3) is 0.172. The van der Waals surface area contributed by atoms with Gasteiger partial charge in [0.1, 0.15) is 18.2 Å². The maximum atomic E-state index is 13.5. The number of allylic oxidation sites excluding steroid dienone is 2. The summed E-state index contributed by atoms with van der Waals surface area (Å²) >= 11 is 6.60. The van der Waals surface area contributed by atoms with Crippen LogP contribution in [0.3, 0.4) is 0 Å². The number of Topliss-reactive ketones (excluding diaryl/α,β-unsaturated/α-hetero) is 1. The van der Waals surface area contributed by atoms with Crippen LogP contribution in [0.1, 0.15) is 46.8 Å². The van der Waals surface area contributed by atoms with E-state index in [2.05, 4.69) is 5.32 Å². The van der Waals surface area contributed by atoms with Crippen molar-refractivity contribution in [2.24, 2.45) is 0 Å². The molecule has 0 saturated heterocycles. The van der Waals surface area contributed by atoms with Crippen molar-refractivity contribution < 1.29 is 23.5 Å². The van der Waals surface area contributed by atoms with Gasteiger partial charge in [-0.2, -0.15) is 0 Å². The van der Waals surface area contributed by atoms with E-state index in [-0.39, 0.29) is 24.8 Å². The van der Waals surface area contributed by atoms with Crippen LogP contribution in [0.25, 0.3) is 5.70 Å². The Labute approximate surface area is 213 Å². The second-order valence-electron chi connectivity index (χ2n) is 8.59. The zero-order valence-corrected chi connectivity index (χ0v) is 20.5. The highest BCUT2D eigenvalue weighted by molar-refractivity contribution is 6.32. The first-order valence-corrected chi connectivity index (χ1v) is 12.0. The van der Waals surface area contributed by atoms with Crippen LogP contribution in [0, 0.1) is 5.82 Å². The number of benzene rings is 3. The maximum Gasteiger partial charge on any atom is 0.336 e. The minimum absolute atomic E-state index is 0.139. The van der Waals surface area contributed by atoms with Crippen LogP contribution in [0.4, 0.5) is 4.39 Å². The predicted octanol–water partition coefficient (Wildman–Crippen LogP) is 6.19. The molecular weight excluding hydrogens is 481 g/mol. The summed E-state index contributed by atoms with van der Waals surface area (Å²) in [6.45, 7) is 3.96. The number of dihydropyridines is 1. The van der Waals surface area contributed by atoms with E-state index in [1.165, 1.54) is 12.1 Å². The van der Waals surface area contributed by atoms with Crippen molar-refractivity contribution in [1.82, 2.24) is 5.32 Å². The molecule has 1 atom stereocenters. The molecule has 182 valence electrons. The van der Waals surface area contributed by atoms with E-state index in [1.807, 2.05) is 18.2 Å². The van der Waals surface area contributed by atoms with E-state index < -0.39 is 11.9 Å². The van der Waals surface area contributed by atoms with Crippen molar-refractivity contribution in [2.75, 3.05) is 6.61 Å². The second kappa shape index (κ2) is 9.63. The highest BCUT2D eigenvalue weighted by Gasteiger charge is 2.43. The maximum absolute atomic E-state index is 13.5. The van der Waals surface area contributed by atoms with Crippen LogP contribution in [0.15, 0.2) is 83.6 Å². The van der Waals surface area contributed by atoms with Crippen LogP contribution >= 0.6 is 11.6 Å². The van der Waals surface area contributed by atoms with E-state index in [0.717, 1.165) is 11.1 Å². The van der Waals surface area contributed by atoms with Crippen molar-refractivity contribution in [3.8, 4) is 5.75 Å². The summed E-state index contributed by atoms with van der Waals surface area (Å²) < 4.78 is 24.4. The van der Waals surface area contributed by atoms with Crippen LogP contribution < -0.4 is 10.1 Å². The van der Waals surface area contributed by atoms with Gasteiger partial charge in [-0.15, -0.1) is 0 Å². The topological polar surface area (TPSA) is 64.6 Å². The summed E-state index contributed by atoms with van der Waals surface area (Å²) in [5, 5.41) is 3.61. The van der Waals surface area contributed by atoms with Gasteiger partial charge in [0.15, 0.2) is 5.78 Å². The second-order valence-corrected chi connectivity index (χ2v) is 8.99. The fourth-order valence-corrected chi connectivity index (χ4v) is 4.94. The molecule has 3 aromatic carbocycles. The number of ether oxygens (including phenoxy) is 2. The Morgan fingerprint density at radius 1 is 1.06 bits per heavy atom.